The Bertz CT molecular complexity index is 523. The number of aromatic nitrogens is 1. The van der Waals surface area contributed by atoms with Crippen LogP contribution in [0, 0.1) is 0 Å². The van der Waals surface area contributed by atoms with Crippen molar-refractivity contribution in [2.24, 2.45) is 0 Å². The summed E-state index contributed by atoms with van der Waals surface area (Å²) in [5, 5.41) is 3.06. The molecule has 0 fully saturated rings. The molecule has 0 bridgehead atoms. The maximum Gasteiger partial charge on any atom is 0.242 e. The summed E-state index contributed by atoms with van der Waals surface area (Å²) in [6.07, 6.45) is 4.05. The number of anilines is 1. The van der Waals surface area contributed by atoms with E-state index in [0.717, 1.165) is 12.2 Å². The van der Waals surface area contributed by atoms with Gasteiger partial charge in [-0.05, 0) is 31.4 Å². The Hall–Kier alpha value is -0.500. The highest BCUT2D eigenvalue weighted by molar-refractivity contribution is 7.98. The topological polar surface area (TPSA) is 71.1 Å². The smallest absolute Gasteiger partial charge is 0.242 e. The van der Waals surface area contributed by atoms with Crippen LogP contribution in [0.1, 0.15) is 13.3 Å². The molecule has 0 aromatic carbocycles. The fraction of sp³-hybridized carbons (Fsp3) is 0.545. The predicted molar refractivity (Wildman–Crippen MR) is 81.6 cm³/mol. The number of thioether (sulfide) groups is 1. The molecule has 108 valence electrons. The minimum Gasteiger partial charge on any atom is -0.372 e. The lowest BCUT2D eigenvalue weighted by Gasteiger charge is -2.14. The molecule has 8 heteroatoms. The fourth-order valence-corrected chi connectivity index (χ4v) is 3.60. The van der Waals surface area contributed by atoms with Gasteiger partial charge in [-0.15, -0.1) is 0 Å². The van der Waals surface area contributed by atoms with E-state index in [1.165, 1.54) is 12.3 Å². The first kappa shape index (κ1) is 16.6. The summed E-state index contributed by atoms with van der Waals surface area (Å²) < 4.78 is 26.9. The average molecular weight is 324 g/mol. The molecule has 1 unspecified atom stereocenters. The quantitative estimate of drug-likeness (QED) is 0.805. The zero-order valence-electron chi connectivity index (χ0n) is 11.1. The molecule has 19 heavy (non-hydrogen) atoms. The Labute approximate surface area is 123 Å². The molecule has 0 saturated carbocycles. The second-order valence-electron chi connectivity index (χ2n) is 4.06. The molecule has 1 aromatic heterocycles. The molecule has 0 aliphatic carbocycles. The molecule has 1 rings (SSSR count). The molecule has 0 amide bonds. The third-order valence-corrected chi connectivity index (χ3v) is 4.96. The summed E-state index contributed by atoms with van der Waals surface area (Å²) in [5.74, 6) is 1.36. The average Bonchev–Trinajstić information content (AvgIpc) is 2.35. The summed E-state index contributed by atoms with van der Waals surface area (Å²) in [5.41, 5.74) is 0. The van der Waals surface area contributed by atoms with Crippen molar-refractivity contribution in [1.82, 2.24) is 9.71 Å². The number of hydrogen-bond acceptors (Lipinski definition) is 5. The van der Waals surface area contributed by atoms with Gasteiger partial charge in [0.15, 0.2) is 0 Å². The van der Waals surface area contributed by atoms with E-state index in [2.05, 4.69) is 15.0 Å². The Morgan fingerprint density at radius 1 is 1.53 bits per heavy atom. The normalized spacial score (nSPS) is 13.3. The summed E-state index contributed by atoms with van der Waals surface area (Å²) in [6, 6.07) is 1.27. The lowest BCUT2D eigenvalue weighted by atomic mass is 10.3. The lowest BCUT2D eigenvalue weighted by molar-refractivity contribution is 0.557. The van der Waals surface area contributed by atoms with Crippen LogP contribution in [-0.4, -0.2) is 38.5 Å². The van der Waals surface area contributed by atoms with Gasteiger partial charge < -0.3 is 5.32 Å². The Morgan fingerprint density at radius 2 is 2.21 bits per heavy atom. The van der Waals surface area contributed by atoms with Gasteiger partial charge in [-0.1, -0.05) is 11.6 Å². The van der Waals surface area contributed by atoms with Gasteiger partial charge in [0.25, 0.3) is 0 Å². The molecule has 0 saturated heterocycles. The van der Waals surface area contributed by atoms with Crippen LogP contribution >= 0.6 is 23.4 Å². The zero-order chi connectivity index (χ0) is 14.5. The molecule has 5 nitrogen and oxygen atoms in total. The summed E-state index contributed by atoms with van der Waals surface area (Å²) in [7, 11) is -1.90. The second kappa shape index (κ2) is 7.33. The van der Waals surface area contributed by atoms with Crippen molar-refractivity contribution in [3.63, 3.8) is 0 Å². The molecule has 1 heterocycles. The van der Waals surface area contributed by atoms with Gasteiger partial charge in [-0.3, -0.25) is 0 Å². The molecular formula is C11H18ClN3O2S2. The number of nitrogens with zero attached hydrogens (tertiary/aromatic N) is 1. The third-order valence-electron chi connectivity index (χ3n) is 2.47. The van der Waals surface area contributed by atoms with Crippen LogP contribution in [0.15, 0.2) is 17.2 Å². The van der Waals surface area contributed by atoms with Gasteiger partial charge in [-0.2, -0.15) is 11.8 Å². The first-order valence-electron chi connectivity index (χ1n) is 5.75. The van der Waals surface area contributed by atoms with E-state index < -0.39 is 10.0 Å². The molecule has 0 radical (unpaired) electrons. The Kier molecular flexibility index (Phi) is 6.38. The minimum atomic E-state index is -3.57. The van der Waals surface area contributed by atoms with E-state index in [1.54, 1.807) is 18.8 Å². The zero-order valence-corrected chi connectivity index (χ0v) is 13.5. The SMILES string of the molecule is CNc1ncc(S(=O)(=O)NC(C)CCSC)cc1Cl. The van der Waals surface area contributed by atoms with E-state index in [0.29, 0.717) is 5.82 Å². The van der Waals surface area contributed by atoms with E-state index in [-0.39, 0.29) is 16.0 Å². The van der Waals surface area contributed by atoms with Crippen LogP contribution in [0.5, 0.6) is 0 Å². The monoisotopic (exact) mass is 323 g/mol. The van der Waals surface area contributed by atoms with E-state index in [9.17, 15) is 8.42 Å². The van der Waals surface area contributed by atoms with Crippen LogP contribution in [-0.2, 0) is 10.0 Å². The van der Waals surface area contributed by atoms with E-state index >= 15 is 0 Å². The molecule has 2 N–H and O–H groups in total. The molecule has 1 atom stereocenters. The van der Waals surface area contributed by atoms with Crippen LogP contribution in [0.3, 0.4) is 0 Å². The number of nitrogens with one attached hydrogen (secondary N) is 2. The molecule has 0 spiro atoms. The van der Waals surface area contributed by atoms with E-state index in [4.69, 9.17) is 11.6 Å². The van der Waals surface area contributed by atoms with Gasteiger partial charge in [0.05, 0.1) is 5.02 Å². The van der Waals surface area contributed by atoms with Crippen molar-refractivity contribution in [2.75, 3.05) is 24.4 Å². The molecule has 1 aromatic rings. The highest BCUT2D eigenvalue weighted by atomic mass is 35.5. The van der Waals surface area contributed by atoms with Gasteiger partial charge in [0, 0.05) is 19.3 Å². The van der Waals surface area contributed by atoms with Crippen molar-refractivity contribution in [1.29, 1.82) is 0 Å². The van der Waals surface area contributed by atoms with Crippen molar-refractivity contribution in [3.8, 4) is 0 Å². The van der Waals surface area contributed by atoms with Crippen LogP contribution in [0.4, 0.5) is 5.82 Å². The number of rotatable bonds is 7. The Morgan fingerprint density at radius 3 is 2.74 bits per heavy atom. The standard InChI is InChI=1S/C11H18ClN3O2S2/c1-8(4-5-18-3)15-19(16,17)9-6-10(12)11(13-2)14-7-9/h6-8,15H,4-5H2,1-3H3,(H,13,14). The predicted octanol–water partition coefficient (Wildman–Crippen LogP) is 2.20. The van der Waals surface area contributed by atoms with Crippen molar-refractivity contribution in [3.05, 3.63) is 17.3 Å². The van der Waals surface area contributed by atoms with E-state index in [1.807, 2.05) is 13.2 Å². The van der Waals surface area contributed by atoms with Crippen molar-refractivity contribution in [2.45, 2.75) is 24.3 Å². The molecule has 0 aliphatic heterocycles. The first-order chi connectivity index (χ1) is 8.90. The molecular weight excluding hydrogens is 306 g/mol. The summed E-state index contributed by atoms with van der Waals surface area (Å²) >= 11 is 7.62. The largest absolute Gasteiger partial charge is 0.372 e. The number of pyridine rings is 1. The maximum atomic E-state index is 12.1. The molecule has 0 aliphatic rings. The van der Waals surface area contributed by atoms with Crippen LogP contribution in [0.2, 0.25) is 5.02 Å². The second-order valence-corrected chi connectivity index (χ2v) is 7.16. The highest BCUT2D eigenvalue weighted by Crippen LogP contribution is 2.22. The van der Waals surface area contributed by atoms with Crippen LogP contribution in [0.25, 0.3) is 0 Å². The number of hydrogen-bond donors (Lipinski definition) is 2. The Balaban J connectivity index is 2.85. The van der Waals surface area contributed by atoms with Gasteiger partial charge >= 0.3 is 0 Å². The summed E-state index contributed by atoms with van der Waals surface area (Å²) in [6.45, 7) is 1.84. The number of sulfonamides is 1. The van der Waals surface area contributed by atoms with Gasteiger partial charge in [0.2, 0.25) is 10.0 Å². The minimum absolute atomic E-state index is 0.0764. The third kappa shape index (κ3) is 4.83. The fourth-order valence-electron chi connectivity index (χ4n) is 1.44. The van der Waals surface area contributed by atoms with Crippen LogP contribution < -0.4 is 10.0 Å². The maximum absolute atomic E-state index is 12.1. The highest BCUT2D eigenvalue weighted by Gasteiger charge is 2.18. The van der Waals surface area contributed by atoms with Crippen molar-refractivity contribution >= 4 is 39.2 Å². The first-order valence-corrected chi connectivity index (χ1v) is 9.00. The van der Waals surface area contributed by atoms with Crippen molar-refractivity contribution < 1.29 is 8.42 Å². The number of halogens is 1. The lowest BCUT2D eigenvalue weighted by Crippen LogP contribution is -2.33. The van der Waals surface area contributed by atoms with Gasteiger partial charge in [-0.25, -0.2) is 18.1 Å². The summed E-state index contributed by atoms with van der Waals surface area (Å²) in [4.78, 5) is 4.04. The van der Waals surface area contributed by atoms with Gasteiger partial charge in [0.1, 0.15) is 10.7 Å².